The number of ether oxygens (including phenoxy) is 1. The molecule has 0 aliphatic carbocycles. The number of hydrogen-bond acceptors (Lipinski definition) is 8. The number of halogens is 3. The monoisotopic (exact) mass is 566 g/mol. The average molecular weight is 567 g/mol. The number of aromatic nitrogens is 5. The topological polar surface area (TPSA) is 127 Å². The summed E-state index contributed by atoms with van der Waals surface area (Å²) in [5.74, 6) is -0.265. The third-order valence-corrected chi connectivity index (χ3v) is 6.30. The van der Waals surface area contributed by atoms with Gasteiger partial charge in [-0.05, 0) is 48.4 Å². The van der Waals surface area contributed by atoms with Crippen molar-refractivity contribution in [2.75, 3.05) is 23.3 Å². The summed E-state index contributed by atoms with van der Waals surface area (Å²) in [6, 6.07) is 14.1. The number of hydrogen-bond donors (Lipinski definition) is 2. The molecule has 1 aliphatic rings. The lowest BCUT2D eigenvalue weighted by Crippen LogP contribution is -2.23. The van der Waals surface area contributed by atoms with Crippen molar-refractivity contribution in [1.29, 1.82) is 0 Å². The van der Waals surface area contributed by atoms with Crippen LogP contribution in [-0.4, -0.2) is 56.2 Å². The van der Waals surface area contributed by atoms with E-state index in [1.54, 1.807) is 29.2 Å². The number of rotatable bonds is 9. The Balaban J connectivity index is 1.11. The molecular weight excluding hydrogens is 541 g/mol. The molecule has 5 rings (SSSR count). The summed E-state index contributed by atoms with van der Waals surface area (Å²) < 4.78 is 43.0. The number of pyridine rings is 1. The highest BCUT2D eigenvalue weighted by Gasteiger charge is 2.31. The number of carbonyl (C=O) groups excluding carboxylic acids is 2. The Morgan fingerprint density at radius 2 is 1.95 bits per heavy atom. The van der Waals surface area contributed by atoms with Gasteiger partial charge in [0.2, 0.25) is 5.91 Å². The van der Waals surface area contributed by atoms with E-state index in [0.29, 0.717) is 36.6 Å². The van der Waals surface area contributed by atoms with Crippen molar-refractivity contribution in [3.05, 3.63) is 90.0 Å². The Bertz CT molecular complexity index is 1500. The van der Waals surface area contributed by atoms with Crippen LogP contribution < -0.4 is 20.3 Å². The Labute approximate surface area is 232 Å². The number of carbonyl (C=O) groups is 2. The van der Waals surface area contributed by atoms with Gasteiger partial charge in [0.05, 0.1) is 36.5 Å². The molecule has 3 aromatic heterocycles. The number of nitrogens with one attached hydrogen (secondary N) is 2. The second-order valence-electron chi connectivity index (χ2n) is 9.30. The van der Waals surface area contributed by atoms with E-state index in [1.807, 2.05) is 23.1 Å². The summed E-state index contributed by atoms with van der Waals surface area (Å²) in [4.78, 5) is 31.1. The van der Waals surface area contributed by atoms with Crippen LogP contribution in [0.1, 0.15) is 34.1 Å². The Kier molecular flexibility index (Phi) is 8.08. The number of benzene rings is 1. The standard InChI is InChI=1S/C27H25F3N8O3/c28-27(29,30)41-22-6-3-4-18(12-22)13-25(39)34-23-7-8-24(36-35-23)37-11-9-21(17-37)38-16-19(14-33-38)26(40)32-15-20-5-1-2-10-31-20/h1-8,10,12,14,16,21H,9,11,13,15,17H2,(H,32,40)(H,34,35,39). The van der Waals surface area contributed by atoms with Gasteiger partial charge in [0.1, 0.15) is 5.75 Å². The number of alkyl halides is 3. The zero-order valence-corrected chi connectivity index (χ0v) is 21.6. The predicted molar refractivity (Wildman–Crippen MR) is 141 cm³/mol. The Hall–Kier alpha value is -5.01. The predicted octanol–water partition coefficient (Wildman–Crippen LogP) is 3.53. The third-order valence-electron chi connectivity index (χ3n) is 6.30. The summed E-state index contributed by atoms with van der Waals surface area (Å²) in [6.07, 6.45) is 0.730. The molecular formula is C27H25F3N8O3. The molecule has 1 atom stereocenters. The molecule has 11 nitrogen and oxygen atoms in total. The summed E-state index contributed by atoms with van der Waals surface area (Å²) in [5.41, 5.74) is 1.57. The molecule has 212 valence electrons. The molecule has 4 heterocycles. The number of amides is 2. The van der Waals surface area contributed by atoms with Crippen molar-refractivity contribution < 1.29 is 27.5 Å². The fourth-order valence-corrected chi connectivity index (χ4v) is 4.38. The molecule has 1 fully saturated rings. The second kappa shape index (κ2) is 12.0. The lowest BCUT2D eigenvalue weighted by atomic mass is 10.1. The molecule has 0 bridgehead atoms. The van der Waals surface area contributed by atoms with Crippen LogP contribution >= 0.6 is 0 Å². The minimum Gasteiger partial charge on any atom is -0.406 e. The van der Waals surface area contributed by atoms with Crippen LogP contribution in [0.5, 0.6) is 5.75 Å². The first kappa shape index (κ1) is 27.6. The van der Waals surface area contributed by atoms with E-state index in [4.69, 9.17) is 0 Å². The molecule has 4 aromatic rings. The molecule has 2 amide bonds. The van der Waals surface area contributed by atoms with Crippen LogP contribution in [-0.2, 0) is 17.8 Å². The third kappa shape index (κ3) is 7.56. The number of nitrogens with zero attached hydrogens (tertiary/aromatic N) is 6. The summed E-state index contributed by atoms with van der Waals surface area (Å²) in [6.45, 7) is 1.62. The van der Waals surface area contributed by atoms with Gasteiger partial charge in [0.25, 0.3) is 5.91 Å². The maximum atomic E-state index is 12.5. The molecule has 2 N–H and O–H groups in total. The van der Waals surface area contributed by atoms with Crippen LogP contribution in [0, 0.1) is 0 Å². The second-order valence-corrected chi connectivity index (χ2v) is 9.30. The molecule has 41 heavy (non-hydrogen) atoms. The fraction of sp³-hybridized carbons (Fsp3) is 0.259. The maximum absolute atomic E-state index is 12.5. The molecule has 0 saturated carbocycles. The minimum atomic E-state index is -4.81. The average Bonchev–Trinajstić information content (AvgIpc) is 3.63. The van der Waals surface area contributed by atoms with E-state index in [0.717, 1.165) is 24.2 Å². The van der Waals surface area contributed by atoms with Crippen LogP contribution in [0.2, 0.25) is 0 Å². The first-order valence-electron chi connectivity index (χ1n) is 12.7. The molecule has 0 spiro atoms. The molecule has 1 saturated heterocycles. The number of anilines is 2. The quantitative estimate of drug-likeness (QED) is 0.315. The largest absolute Gasteiger partial charge is 0.573 e. The zero-order valence-electron chi connectivity index (χ0n) is 21.6. The van der Waals surface area contributed by atoms with E-state index in [1.165, 1.54) is 18.3 Å². The van der Waals surface area contributed by atoms with Gasteiger partial charge in [-0.15, -0.1) is 23.4 Å². The van der Waals surface area contributed by atoms with Gasteiger partial charge in [-0.2, -0.15) is 5.10 Å². The van der Waals surface area contributed by atoms with Crippen LogP contribution in [0.25, 0.3) is 0 Å². The van der Waals surface area contributed by atoms with Crippen molar-refractivity contribution in [3.8, 4) is 5.75 Å². The first-order valence-corrected chi connectivity index (χ1v) is 12.7. The lowest BCUT2D eigenvalue weighted by molar-refractivity contribution is -0.274. The highest BCUT2D eigenvalue weighted by atomic mass is 19.4. The van der Waals surface area contributed by atoms with Gasteiger partial charge in [0.15, 0.2) is 11.6 Å². The van der Waals surface area contributed by atoms with Crippen molar-refractivity contribution >= 4 is 23.5 Å². The van der Waals surface area contributed by atoms with E-state index in [2.05, 4.69) is 35.7 Å². The smallest absolute Gasteiger partial charge is 0.406 e. The molecule has 1 aliphatic heterocycles. The van der Waals surface area contributed by atoms with Gasteiger partial charge < -0.3 is 20.3 Å². The van der Waals surface area contributed by atoms with Gasteiger partial charge in [-0.25, -0.2) is 0 Å². The van der Waals surface area contributed by atoms with Gasteiger partial charge in [-0.3, -0.25) is 19.3 Å². The van der Waals surface area contributed by atoms with Crippen LogP contribution in [0.15, 0.2) is 73.2 Å². The maximum Gasteiger partial charge on any atom is 0.573 e. The van der Waals surface area contributed by atoms with Crippen molar-refractivity contribution in [3.63, 3.8) is 0 Å². The molecule has 1 aromatic carbocycles. The minimum absolute atomic E-state index is 0.0330. The summed E-state index contributed by atoms with van der Waals surface area (Å²) in [7, 11) is 0. The Morgan fingerprint density at radius 1 is 1.07 bits per heavy atom. The van der Waals surface area contributed by atoms with Gasteiger partial charge in [0, 0.05) is 25.5 Å². The van der Waals surface area contributed by atoms with Crippen LogP contribution in [0.4, 0.5) is 24.8 Å². The van der Waals surface area contributed by atoms with Crippen molar-refractivity contribution in [2.45, 2.75) is 31.8 Å². The highest BCUT2D eigenvalue weighted by Crippen LogP contribution is 2.26. The van der Waals surface area contributed by atoms with Crippen molar-refractivity contribution in [2.24, 2.45) is 0 Å². The van der Waals surface area contributed by atoms with E-state index < -0.39 is 18.0 Å². The lowest BCUT2D eigenvalue weighted by Gasteiger charge is -2.17. The fourth-order valence-electron chi connectivity index (χ4n) is 4.38. The molecule has 1 unspecified atom stereocenters. The first-order chi connectivity index (χ1) is 19.7. The summed E-state index contributed by atoms with van der Waals surface area (Å²) >= 11 is 0. The zero-order chi connectivity index (χ0) is 28.8. The van der Waals surface area contributed by atoms with Gasteiger partial charge in [-0.1, -0.05) is 18.2 Å². The highest BCUT2D eigenvalue weighted by molar-refractivity contribution is 5.93. The van der Waals surface area contributed by atoms with E-state index in [-0.39, 0.29) is 24.2 Å². The SMILES string of the molecule is O=C(Cc1cccc(OC(F)(F)F)c1)Nc1ccc(N2CCC(n3cc(C(=O)NCc4ccccn4)cn3)C2)nn1. The molecule has 14 heteroatoms. The van der Waals surface area contributed by atoms with Crippen LogP contribution in [0.3, 0.4) is 0 Å². The normalized spacial score (nSPS) is 15.0. The van der Waals surface area contributed by atoms with Gasteiger partial charge >= 0.3 is 6.36 Å². The summed E-state index contributed by atoms with van der Waals surface area (Å²) in [5, 5.41) is 18.1. The molecule has 0 radical (unpaired) electrons. The van der Waals surface area contributed by atoms with Crippen molar-refractivity contribution in [1.82, 2.24) is 30.3 Å². The van der Waals surface area contributed by atoms with E-state index in [9.17, 15) is 22.8 Å². The Morgan fingerprint density at radius 3 is 2.71 bits per heavy atom. The van der Waals surface area contributed by atoms with E-state index >= 15 is 0 Å².